The van der Waals surface area contributed by atoms with Crippen molar-refractivity contribution in [1.29, 1.82) is 0 Å². The predicted molar refractivity (Wildman–Crippen MR) is 112 cm³/mol. The van der Waals surface area contributed by atoms with Crippen LogP contribution >= 0.6 is 11.8 Å². The summed E-state index contributed by atoms with van der Waals surface area (Å²) in [5, 5.41) is 0.787. The normalized spacial score (nSPS) is 27.1. The molecule has 1 fully saturated rings. The second-order valence-electron chi connectivity index (χ2n) is 6.11. The van der Waals surface area contributed by atoms with Gasteiger partial charge in [-0.1, -0.05) is 85.1 Å². The average molecular weight is 456 g/mol. The van der Waals surface area contributed by atoms with E-state index in [1.165, 1.54) is 11.1 Å². The first-order chi connectivity index (χ1) is 12.4. The third-order valence-electron chi connectivity index (χ3n) is 4.48. The van der Waals surface area contributed by atoms with Crippen LogP contribution in [0.5, 0.6) is 0 Å². The summed E-state index contributed by atoms with van der Waals surface area (Å²) in [7, 11) is 0. The molecule has 0 nitrogen and oxygen atoms in total. The van der Waals surface area contributed by atoms with Crippen molar-refractivity contribution in [2.24, 2.45) is 11.8 Å². The molecule has 1 saturated carbocycles. The molecule has 5 aliphatic rings. The number of hydrogen-bond acceptors (Lipinski definition) is 1. The Morgan fingerprint density at radius 1 is 0.556 bits per heavy atom. The van der Waals surface area contributed by atoms with Gasteiger partial charge in [-0.3, -0.25) is 0 Å². The van der Waals surface area contributed by atoms with Crippen LogP contribution in [-0.2, 0) is 34.1 Å². The Hall–Kier alpha value is -0.691. The minimum Gasteiger partial charge on any atom is -0.161 e. The van der Waals surface area contributed by atoms with E-state index in [4.69, 9.17) is 0 Å². The van der Waals surface area contributed by atoms with Crippen LogP contribution in [0.25, 0.3) is 0 Å². The van der Waals surface area contributed by atoms with Gasteiger partial charge in [-0.2, -0.15) is 11.8 Å². The van der Waals surface area contributed by atoms with Crippen molar-refractivity contribution < 1.29 is 34.1 Å². The van der Waals surface area contributed by atoms with Crippen molar-refractivity contribution in [2.45, 2.75) is 5.25 Å². The molecule has 0 aromatic rings. The van der Waals surface area contributed by atoms with Crippen LogP contribution in [0.3, 0.4) is 0 Å². The molecule has 3 heteroatoms. The first-order valence-electron chi connectivity index (χ1n) is 8.71. The average Bonchev–Trinajstić information content (AvgIpc) is 3.37. The summed E-state index contributed by atoms with van der Waals surface area (Å²) in [4.78, 5) is 0. The van der Waals surface area contributed by atoms with Gasteiger partial charge in [0.25, 0.3) is 0 Å². The number of rotatable bonds is 3. The zero-order chi connectivity index (χ0) is 17.3. The summed E-state index contributed by atoms with van der Waals surface area (Å²) in [6.45, 7) is 0. The molecule has 0 aromatic carbocycles. The molecule has 0 heterocycles. The first kappa shape index (κ1) is 24.3. The Balaban J connectivity index is 0.000000253. The van der Waals surface area contributed by atoms with Gasteiger partial charge in [-0.15, -0.1) is 0 Å². The van der Waals surface area contributed by atoms with Crippen LogP contribution < -0.4 is 0 Å². The van der Waals surface area contributed by atoms with Crippen LogP contribution in [0, 0.1) is 37.5 Å². The second-order valence-corrected chi connectivity index (χ2v) is 7.13. The summed E-state index contributed by atoms with van der Waals surface area (Å²) in [5.74, 6) is 1.50. The maximum atomic E-state index is 2.26. The topological polar surface area (TPSA) is 0 Å². The first-order valence-corrected chi connectivity index (χ1v) is 10.00. The Bertz CT molecular complexity index is 611. The van der Waals surface area contributed by atoms with Crippen LogP contribution in [0.15, 0.2) is 96.2 Å². The fourth-order valence-electron chi connectivity index (χ4n) is 3.23. The molecule has 0 amide bonds. The Morgan fingerprint density at radius 2 is 0.963 bits per heavy atom. The van der Waals surface area contributed by atoms with Gasteiger partial charge >= 0.3 is 0 Å². The van der Waals surface area contributed by atoms with Gasteiger partial charge in [0.05, 0.1) is 0 Å². The van der Waals surface area contributed by atoms with Crippen molar-refractivity contribution in [3.8, 4) is 0 Å². The number of allylic oxidation sites excluding steroid dienone is 16. The molecule has 5 rings (SSSR count). The van der Waals surface area contributed by atoms with Crippen molar-refractivity contribution >= 4 is 11.8 Å². The minimum absolute atomic E-state index is 0. The predicted octanol–water partition coefficient (Wildman–Crippen LogP) is 5.99. The third-order valence-corrected chi connectivity index (χ3v) is 5.61. The fourth-order valence-corrected chi connectivity index (χ4v) is 4.38. The van der Waals surface area contributed by atoms with Crippen LogP contribution in [-0.4, -0.2) is 11.5 Å². The van der Waals surface area contributed by atoms with E-state index in [1.807, 2.05) is 73.2 Å². The smallest absolute Gasteiger partial charge is 0.0194 e. The standard InChI is InChI=1S/C14H14S.2C5H5.2Fe/c1-15-14-12(10-6-2-3-7-10)13(14)11-8-4-5-9-11;2*1-2-4-5-3-1;;/h2-9,12-14H,1H3;2*1-5H;;. The van der Waals surface area contributed by atoms with Gasteiger partial charge in [0.2, 0.25) is 0 Å². The van der Waals surface area contributed by atoms with E-state index in [0.29, 0.717) is 0 Å². The number of thioether (sulfide) groups is 1. The van der Waals surface area contributed by atoms with Crippen LogP contribution in [0.4, 0.5) is 0 Å². The van der Waals surface area contributed by atoms with E-state index in [0.717, 1.165) is 17.1 Å². The summed E-state index contributed by atoms with van der Waals surface area (Å²) in [6, 6.07) is 0. The fraction of sp³-hybridized carbons (Fsp3) is 0.167. The molecule has 0 bridgehead atoms. The van der Waals surface area contributed by atoms with Gasteiger partial charge in [0.15, 0.2) is 0 Å². The van der Waals surface area contributed by atoms with E-state index >= 15 is 0 Å². The SMILES string of the molecule is CSC1C(C2=C[CH]C=C2)C1C1=C[CH]C=C1.[CH]1C=CC=C1.[CH]1C=CC=C1.[Fe].[Fe]. The quantitative estimate of drug-likeness (QED) is 0.470. The van der Waals surface area contributed by atoms with Gasteiger partial charge in [0, 0.05) is 76.9 Å². The molecule has 0 N–H and O–H groups in total. The zero-order valence-corrected chi connectivity index (χ0v) is 18.3. The molecular formula is C24H24Fe2S. The van der Waals surface area contributed by atoms with Gasteiger partial charge in [0.1, 0.15) is 0 Å². The zero-order valence-electron chi connectivity index (χ0n) is 15.2. The van der Waals surface area contributed by atoms with Crippen molar-refractivity contribution in [1.82, 2.24) is 0 Å². The summed E-state index contributed by atoms with van der Waals surface area (Å²) >= 11 is 2.00. The summed E-state index contributed by atoms with van der Waals surface area (Å²) < 4.78 is 0. The van der Waals surface area contributed by atoms with Crippen molar-refractivity contribution in [3.63, 3.8) is 0 Å². The van der Waals surface area contributed by atoms with Gasteiger partial charge in [-0.25, -0.2) is 0 Å². The Labute approximate surface area is 190 Å². The molecular weight excluding hydrogens is 432 g/mol. The molecule has 5 aliphatic carbocycles. The van der Waals surface area contributed by atoms with E-state index in [-0.39, 0.29) is 34.1 Å². The summed E-state index contributed by atoms with van der Waals surface area (Å²) in [5.41, 5.74) is 3.03. The Morgan fingerprint density at radius 3 is 1.19 bits per heavy atom. The van der Waals surface area contributed by atoms with Crippen molar-refractivity contribution in [3.05, 3.63) is 122 Å². The maximum absolute atomic E-state index is 2.26. The Kier molecular flexibility index (Phi) is 12.2. The monoisotopic (exact) mass is 456 g/mol. The molecule has 0 spiro atoms. The largest absolute Gasteiger partial charge is 0.161 e. The van der Waals surface area contributed by atoms with Crippen LogP contribution in [0.1, 0.15) is 0 Å². The molecule has 2 unspecified atom stereocenters. The van der Waals surface area contributed by atoms with E-state index in [1.54, 1.807) is 0 Å². The molecule has 2 atom stereocenters. The molecule has 142 valence electrons. The molecule has 4 radical (unpaired) electrons. The van der Waals surface area contributed by atoms with Crippen LogP contribution in [0.2, 0.25) is 0 Å². The van der Waals surface area contributed by atoms with E-state index < -0.39 is 0 Å². The van der Waals surface area contributed by atoms with Crippen molar-refractivity contribution in [2.75, 3.05) is 6.26 Å². The van der Waals surface area contributed by atoms with Gasteiger partial charge < -0.3 is 0 Å². The van der Waals surface area contributed by atoms with Gasteiger partial charge in [-0.05, 0) is 17.4 Å². The van der Waals surface area contributed by atoms with E-state index in [2.05, 4.69) is 55.6 Å². The minimum atomic E-state index is 0. The second kappa shape index (κ2) is 13.5. The molecule has 27 heavy (non-hydrogen) atoms. The maximum Gasteiger partial charge on any atom is 0.0194 e. The molecule has 0 saturated heterocycles. The summed E-state index contributed by atoms with van der Waals surface area (Å²) in [6.07, 6.45) is 39.9. The number of hydrogen-bond donors (Lipinski definition) is 0. The molecule has 0 aliphatic heterocycles. The molecule has 0 aromatic heterocycles. The van der Waals surface area contributed by atoms with E-state index in [9.17, 15) is 0 Å². The third kappa shape index (κ3) is 7.33.